The van der Waals surface area contributed by atoms with Crippen LogP contribution in [0.2, 0.25) is 0 Å². The van der Waals surface area contributed by atoms with Crippen LogP contribution in [-0.2, 0) is 4.79 Å². The third-order valence-corrected chi connectivity index (χ3v) is 2.21. The van der Waals surface area contributed by atoms with Gasteiger partial charge in [-0.2, -0.15) is 0 Å². The summed E-state index contributed by atoms with van der Waals surface area (Å²) in [5.41, 5.74) is 2.99. The van der Waals surface area contributed by atoms with Crippen LogP contribution in [0.1, 0.15) is 0 Å². The lowest BCUT2D eigenvalue weighted by Crippen LogP contribution is -2.23. The summed E-state index contributed by atoms with van der Waals surface area (Å²) in [5.74, 6) is 0.0706. The predicted octanol–water partition coefficient (Wildman–Crippen LogP) is 1.44. The Balaban J connectivity index is 2.28. The summed E-state index contributed by atoms with van der Waals surface area (Å²) >= 11 is 0. The summed E-state index contributed by atoms with van der Waals surface area (Å²) in [5, 5.41) is 0. The molecule has 0 fully saturated rings. The molecule has 0 unspecified atom stereocenters. The summed E-state index contributed by atoms with van der Waals surface area (Å²) in [7, 11) is 3.54. The minimum absolute atomic E-state index is 0.0706. The van der Waals surface area contributed by atoms with Gasteiger partial charge in [0.05, 0.1) is 0 Å². The number of likely N-dealkylation sites (N-methyl/N-ethyl adjacent to an activating group) is 1. The molecule has 2 aliphatic carbocycles. The highest BCUT2D eigenvalue weighted by Crippen LogP contribution is 2.31. The van der Waals surface area contributed by atoms with Crippen LogP contribution in [0.15, 0.2) is 47.1 Å². The normalized spacial score (nSPS) is 17.8. The Morgan fingerprint density at radius 2 is 2.00 bits per heavy atom. The molecule has 2 heteroatoms. The molecule has 0 spiro atoms. The van der Waals surface area contributed by atoms with Crippen LogP contribution in [0.5, 0.6) is 0 Å². The van der Waals surface area contributed by atoms with Gasteiger partial charge in [0.2, 0.25) is 0 Å². The highest BCUT2D eigenvalue weighted by Gasteiger charge is 2.22. The summed E-state index contributed by atoms with van der Waals surface area (Å²) in [4.78, 5) is 13.2. The maximum atomic E-state index is 11.6. The molecular formula is C11H11NO. The molecule has 0 bridgehead atoms. The van der Waals surface area contributed by atoms with Crippen molar-refractivity contribution < 1.29 is 4.79 Å². The first-order valence-corrected chi connectivity index (χ1v) is 4.23. The van der Waals surface area contributed by atoms with Crippen molar-refractivity contribution in [2.75, 3.05) is 14.1 Å². The molecule has 0 heterocycles. The van der Waals surface area contributed by atoms with Crippen molar-refractivity contribution in [3.05, 3.63) is 47.1 Å². The lowest BCUT2D eigenvalue weighted by atomic mass is 10.1. The van der Waals surface area contributed by atoms with Crippen LogP contribution >= 0.6 is 0 Å². The first-order valence-electron chi connectivity index (χ1n) is 4.23. The summed E-state index contributed by atoms with van der Waals surface area (Å²) < 4.78 is 0. The van der Waals surface area contributed by atoms with Crippen LogP contribution in [0.4, 0.5) is 0 Å². The monoisotopic (exact) mass is 173 g/mol. The van der Waals surface area contributed by atoms with Gasteiger partial charge in [0.1, 0.15) is 0 Å². The lowest BCUT2D eigenvalue weighted by Gasteiger charge is -2.12. The Hall–Kier alpha value is -1.57. The Morgan fingerprint density at radius 1 is 1.23 bits per heavy atom. The molecule has 2 aliphatic rings. The summed E-state index contributed by atoms with van der Waals surface area (Å²) in [6.45, 7) is 0. The molecule has 0 aromatic carbocycles. The highest BCUT2D eigenvalue weighted by atomic mass is 16.2. The Bertz CT molecular complexity index is 381. The molecule has 0 aliphatic heterocycles. The quantitative estimate of drug-likeness (QED) is 0.587. The maximum Gasteiger partial charge on any atom is 0.253 e. The molecule has 0 aromatic rings. The number of amides is 1. The Labute approximate surface area is 77.5 Å². The summed E-state index contributed by atoms with van der Waals surface area (Å²) in [6.07, 6.45) is 9.82. The van der Waals surface area contributed by atoms with Gasteiger partial charge in [-0.1, -0.05) is 24.3 Å². The highest BCUT2D eigenvalue weighted by molar-refractivity contribution is 6.01. The number of hydrogen-bond donors (Lipinski definition) is 0. The van der Waals surface area contributed by atoms with Crippen LogP contribution in [0.3, 0.4) is 0 Å². The van der Waals surface area contributed by atoms with E-state index >= 15 is 0 Å². The van der Waals surface area contributed by atoms with Gasteiger partial charge in [-0.3, -0.25) is 4.79 Å². The third kappa shape index (κ3) is 1.15. The SMILES string of the molecule is CN(C)C(=O)C1=CC=C2C=CC=C21. The zero-order valence-corrected chi connectivity index (χ0v) is 7.74. The van der Waals surface area contributed by atoms with E-state index < -0.39 is 0 Å². The van der Waals surface area contributed by atoms with Crippen LogP contribution < -0.4 is 0 Å². The molecule has 66 valence electrons. The van der Waals surface area contributed by atoms with E-state index in [0.717, 1.165) is 16.7 Å². The molecular weight excluding hydrogens is 162 g/mol. The first-order chi connectivity index (χ1) is 6.20. The average Bonchev–Trinajstić information content (AvgIpc) is 2.61. The van der Waals surface area contributed by atoms with E-state index in [4.69, 9.17) is 0 Å². The van der Waals surface area contributed by atoms with Gasteiger partial charge < -0.3 is 4.90 Å². The van der Waals surface area contributed by atoms with E-state index in [2.05, 4.69) is 0 Å². The minimum Gasteiger partial charge on any atom is -0.345 e. The largest absolute Gasteiger partial charge is 0.345 e. The fourth-order valence-corrected chi connectivity index (χ4v) is 1.51. The zero-order valence-electron chi connectivity index (χ0n) is 7.74. The molecule has 0 radical (unpaired) electrons. The smallest absolute Gasteiger partial charge is 0.253 e. The van der Waals surface area contributed by atoms with Crippen molar-refractivity contribution in [3.8, 4) is 0 Å². The molecule has 0 atom stereocenters. The number of nitrogens with zero attached hydrogens (tertiary/aromatic N) is 1. The van der Waals surface area contributed by atoms with Crippen molar-refractivity contribution in [3.63, 3.8) is 0 Å². The van der Waals surface area contributed by atoms with E-state index in [0.29, 0.717) is 0 Å². The van der Waals surface area contributed by atoms with Gasteiger partial charge in [0.15, 0.2) is 0 Å². The fraction of sp³-hybridized carbons (Fsp3) is 0.182. The molecule has 0 N–H and O–H groups in total. The fourth-order valence-electron chi connectivity index (χ4n) is 1.51. The van der Waals surface area contributed by atoms with Crippen LogP contribution in [0.25, 0.3) is 0 Å². The van der Waals surface area contributed by atoms with Crippen molar-refractivity contribution in [2.45, 2.75) is 0 Å². The van der Waals surface area contributed by atoms with E-state index in [1.165, 1.54) is 0 Å². The lowest BCUT2D eigenvalue weighted by molar-refractivity contribution is -0.124. The Kier molecular flexibility index (Phi) is 1.69. The number of hydrogen-bond acceptors (Lipinski definition) is 1. The van der Waals surface area contributed by atoms with Crippen LogP contribution in [0, 0.1) is 0 Å². The van der Waals surface area contributed by atoms with Gasteiger partial charge in [0, 0.05) is 19.7 Å². The molecule has 0 saturated carbocycles. The van der Waals surface area contributed by atoms with Crippen molar-refractivity contribution in [2.24, 2.45) is 0 Å². The van der Waals surface area contributed by atoms with Gasteiger partial charge in [0.25, 0.3) is 5.91 Å². The Morgan fingerprint density at radius 3 is 2.69 bits per heavy atom. The topological polar surface area (TPSA) is 20.3 Å². The number of carbonyl (C=O) groups is 1. The minimum atomic E-state index is 0.0706. The molecule has 0 saturated heterocycles. The second kappa shape index (κ2) is 2.73. The second-order valence-electron chi connectivity index (χ2n) is 3.34. The predicted molar refractivity (Wildman–Crippen MR) is 52.1 cm³/mol. The number of rotatable bonds is 1. The number of fused-ring (bicyclic) bond motifs is 1. The van der Waals surface area contributed by atoms with E-state index in [9.17, 15) is 4.79 Å². The molecule has 0 aromatic heterocycles. The number of carbonyl (C=O) groups excluding carboxylic acids is 1. The maximum absolute atomic E-state index is 11.6. The van der Waals surface area contributed by atoms with Gasteiger partial charge in [-0.25, -0.2) is 0 Å². The average molecular weight is 173 g/mol. The molecule has 2 rings (SSSR count). The van der Waals surface area contributed by atoms with Crippen LogP contribution in [-0.4, -0.2) is 24.9 Å². The van der Waals surface area contributed by atoms with Gasteiger partial charge in [-0.05, 0) is 17.2 Å². The van der Waals surface area contributed by atoms with Gasteiger partial charge in [-0.15, -0.1) is 0 Å². The second-order valence-corrected chi connectivity index (χ2v) is 3.34. The molecule has 2 nitrogen and oxygen atoms in total. The number of allylic oxidation sites excluding steroid dienone is 6. The molecule has 13 heavy (non-hydrogen) atoms. The summed E-state index contributed by atoms with van der Waals surface area (Å²) in [6, 6.07) is 0. The van der Waals surface area contributed by atoms with Crippen molar-refractivity contribution in [1.29, 1.82) is 0 Å². The van der Waals surface area contributed by atoms with Crippen molar-refractivity contribution >= 4 is 5.91 Å². The van der Waals surface area contributed by atoms with Gasteiger partial charge >= 0.3 is 0 Å². The van der Waals surface area contributed by atoms with E-state index in [1.807, 2.05) is 30.4 Å². The zero-order chi connectivity index (χ0) is 9.42. The van der Waals surface area contributed by atoms with Crippen molar-refractivity contribution in [1.82, 2.24) is 4.90 Å². The standard InChI is InChI=1S/C11H11NO/c1-12(2)11(13)10-7-6-8-4-3-5-9(8)10/h3-7H,1-2H3. The first kappa shape index (κ1) is 8.05. The van der Waals surface area contributed by atoms with E-state index in [-0.39, 0.29) is 5.91 Å². The third-order valence-electron chi connectivity index (χ3n) is 2.21. The molecule has 1 amide bonds. The van der Waals surface area contributed by atoms with E-state index in [1.54, 1.807) is 19.0 Å².